The number of nitrogens with zero attached hydrogens (tertiary/aromatic N) is 1. The number of hydrogen-bond donors (Lipinski definition) is 1. The maximum absolute atomic E-state index is 9.75. The van der Waals surface area contributed by atoms with E-state index in [1.54, 1.807) is 0 Å². The molecule has 2 aromatic rings. The second-order valence-corrected chi connectivity index (χ2v) is 5.07. The van der Waals surface area contributed by atoms with E-state index >= 15 is 0 Å². The van der Waals surface area contributed by atoms with Gasteiger partial charge in [-0.05, 0) is 17.5 Å². The van der Waals surface area contributed by atoms with Gasteiger partial charge in [-0.25, -0.2) is 9.55 Å². The monoisotopic (exact) mass is 328 g/mol. The molecule has 2 rings (SSSR count). The van der Waals surface area contributed by atoms with Gasteiger partial charge in [-0.1, -0.05) is 50.3 Å². The van der Waals surface area contributed by atoms with Crippen LogP contribution in [0.5, 0.6) is 0 Å². The number of H-pyrrole nitrogens is 1. The summed E-state index contributed by atoms with van der Waals surface area (Å²) in [5.41, 5.74) is 2.50. The van der Waals surface area contributed by atoms with Crippen molar-refractivity contribution in [3.63, 3.8) is 0 Å². The third-order valence-corrected chi connectivity index (χ3v) is 3.19. The first-order valence-corrected chi connectivity index (χ1v) is 7.48. The van der Waals surface area contributed by atoms with Crippen LogP contribution in [0.15, 0.2) is 43.2 Å². The van der Waals surface area contributed by atoms with Crippen molar-refractivity contribution in [3.05, 3.63) is 60.2 Å². The van der Waals surface area contributed by atoms with Crippen LogP contribution in [0, 0.1) is 0 Å². The van der Waals surface area contributed by atoms with Crippen LogP contribution in [0.25, 0.3) is 6.08 Å². The molecular weight excluding hydrogens is 307 g/mol. The molecule has 0 spiro atoms. The van der Waals surface area contributed by atoms with Crippen molar-refractivity contribution >= 4 is 13.3 Å². The fourth-order valence-electron chi connectivity index (χ4n) is 2.05. The SMILES string of the molecule is C=Cc1ccc(Cc2[nH]cc[n+]2CCCC)cc1.F[B-](F)(F)F. The predicted octanol–water partition coefficient (Wildman–Crippen LogP) is 4.64. The zero-order valence-electron chi connectivity index (χ0n) is 13.1. The number of benzene rings is 1. The highest BCUT2D eigenvalue weighted by molar-refractivity contribution is 6.50. The smallest absolute Gasteiger partial charge is 0.418 e. The van der Waals surface area contributed by atoms with Crippen molar-refractivity contribution in [2.75, 3.05) is 0 Å². The molecular formula is C16H21BF4N2. The number of halogens is 4. The van der Waals surface area contributed by atoms with Gasteiger partial charge in [0, 0.05) is 0 Å². The topological polar surface area (TPSA) is 19.7 Å². The van der Waals surface area contributed by atoms with Crippen LogP contribution in [-0.2, 0) is 13.0 Å². The van der Waals surface area contributed by atoms with Gasteiger partial charge >= 0.3 is 7.25 Å². The van der Waals surface area contributed by atoms with Gasteiger partial charge in [-0.3, -0.25) is 0 Å². The van der Waals surface area contributed by atoms with Gasteiger partial charge in [0.25, 0.3) is 5.82 Å². The van der Waals surface area contributed by atoms with Gasteiger partial charge in [-0.2, -0.15) is 0 Å². The lowest BCUT2D eigenvalue weighted by atomic mass is 10.1. The quantitative estimate of drug-likeness (QED) is 0.453. The zero-order valence-corrected chi connectivity index (χ0v) is 13.1. The maximum atomic E-state index is 9.75. The van der Waals surface area contributed by atoms with Crippen molar-refractivity contribution in [1.29, 1.82) is 0 Å². The predicted molar refractivity (Wildman–Crippen MR) is 85.4 cm³/mol. The normalized spacial score (nSPS) is 10.8. The standard InChI is InChI=1S/C16H20N2.BF4/c1-3-5-11-18-12-10-17-16(18)13-15-8-6-14(4-2)7-9-15;2-1(3,4)5/h4,6-10,12H,2-3,5,11,13H2,1H3;/q;-1/p+1. The molecule has 0 radical (unpaired) electrons. The Labute approximate surface area is 134 Å². The summed E-state index contributed by atoms with van der Waals surface area (Å²) < 4.78 is 41.3. The Morgan fingerprint density at radius 2 is 1.78 bits per heavy atom. The number of rotatable bonds is 6. The van der Waals surface area contributed by atoms with Crippen molar-refractivity contribution < 1.29 is 21.8 Å². The minimum Gasteiger partial charge on any atom is -0.418 e. The first-order valence-electron chi connectivity index (χ1n) is 7.48. The summed E-state index contributed by atoms with van der Waals surface area (Å²) in [6.45, 7) is 7.09. The van der Waals surface area contributed by atoms with Crippen molar-refractivity contribution in [2.24, 2.45) is 0 Å². The molecule has 23 heavy (non-hydrogen) atoms. The van der Waals surface area contributed by atoms with E-state index < -0.39 is 7.25 Å². The molecule has 1 N–H and O–H groups in total. The minimum absolute atomic E-state index is 0.953. The summed E-state index contributed by atoms with van der Waals surface area (Å²) in [4.78, 5) is 3.33. The van der Waals surface area contributed by atoms with E-state index in [9.17, 15) is 17.3 Å². The molecule has 0 unspecified atom stereocenters. The van der Waals surface area contributed by atoms with E-state index in [2.05, 4.69) is 53.5 Å². The van der Waals surface area contributed by atoms with E-state index in [0.29, 0.717) is 0 Å². The van der Waals surface area contributed by atoms with Gasteiger partial charge in [-0.15, -0.1) is 0 Å². The highest BCUT2D eigenvalue weighted by atomic mass is 19.5. The molecule has 1 heterocycles. The summed E-state index contributed by atoms with van der Waals surface area (Å²) in [5.74, 6) is 1.27. The molecule has 0 aliphatic rings. The Kier molecular flexibility index (Phi) is 7.58. The fourth-order valence-corrected chi connectivity index (χ4v) is 2.05. The first-order chi connectivity index (χ1) is 10.8. The molecule has 1 aromatic heterocycles. The number of hydrogen-bond acceptors (Lipinski definition) is 0. The lowest BCUT2D eigenvalue weighted by Crippen LogP contribution is -2.36. The number of aryl methyl sites for hydroxylation is 1. The second kappa shape index (κ2) is 9.17. The van der Waals surface area contributed by atoms with Crippen LogP contribution in [0.3, 0.4) is 0 Å². The molecule has 1 aromatic carbocycles. The van der Waals surface area contributed by atoms with Gasteiger partial charge in [0.1, 0.15) is 12.4 Å². The van der Waals surface area contributed by atoms with Crippen molar-refractivity contribution in [2.45, 2.75) is 32.7 Å². The highest BCUT2D eigenvalue weighted by Gasteiger charge is 2.20. The molecule has 0 aliphatic heterocycles. The fraction of sp³-hybridized carbons (Fsp3) is 0.312. The van der Waals surface area contributed by atoms with Gasteiger partial charge in [0.05, 0.1) is 13.0 Å². The van der Waals surface area contributed by atoms with E-state index in [-0.39, 0.29) is 0 Å². The molecule has 0 saturated carbocycles. The molecule has 0 aliphatic carbocycles. The van der Waals surface area contributed by atoms with Crippen LogP contribution in [0.2, 0.25) is 0 Å². The Bertz CT molecular complexity index is 585. The number of aromatic amines is 1. The summed E-state index contributed by atoms with van der Waals surface area (Å²) in [5, 5.41) is 0. The average molecular weight is 328 g/mol. The second-order valence-electron chi connectivity index (χ2n) is 5.07. The summed E-state index contributed by atoms with van der Waals surface area (Å²) in [6, 6.07) is 8.56. The Balaban J connectivity index is 0.000000463. The van der Waals surface area contributed by atoms with Crippen LogP contribution in [-0.4, -0.2) is 12.2 Å². The number of aromatic nitrogens is 2. The third-order valence-electron chi connectivity index (χ3n) is 3.19. The van der Waals surface area contributed by atoms with Gasteiger partial charge in [0.15, 0.2) is 0 Å². The highest BCUT2D eigenvalue weighted by Crippen LogP contribution is 2.08. The van der Waals surface area contributed by atoms with Gasteiger partial charge in [0.2, 0.25) is 0 Å². The third kappa shape index (κ3) is 8.23. The summed E-state index contributed by atoms with van der Waals surface area (Å²) in [6.07, 6.45) is 9.43. The summed E-state index contributed by atoms with van der Waals surface area (Å²) >= 11 is 0. The largest absolute Gasteiger partial charge is 0.673 e. The molecule has 126 valence electrons. The summed E-state index contributed by atoms with van der Waals surface area (Å²) in [7, 11) is -6.00. The van der Waals surface area contributed by atoms with Crippen molar-refractivity contribution in [3.8, 4) is 0 Å². The van der Waals surface area contributed by atoms with E-state index in [1.165, 1.54) is 29.8 Å². The number of unbranched alkanes of at least 4 members (excludes halogenated alkanes) is 1. The molecule has 0 saturated heterocycles. The van der Waals surface area contributed by atoms with Crippen LogP contribution in [0.4, 0.5) is 17.3 Å². The van der Waals surface area contributed by atoms with Crippen molar-refractivity contribution in [1.82, 2.24) is 4.98 Å². The molecule has 7 heteroatoms. The van der Waals surface area contributed by atoms with E-state index in [0.717, 1.165) is 13.0 Å². The average Bonchev–Trinajstić information content (AvgIpc) is 2.91. The lowest BCUT2D eigenvalue weighted by molar-refractivity contribution is -0.702. The first kappa shape index (κ1) is 19.0. The van der Waals surface area contributed by atoms with Crippen LogP contribution in [0.1, 0.15) is 36.7 Å². The molecule has 0 amide bonds. The van der Waals surface area contributed by atoms with E-state index in [1.807, 2.05) is 12.3 Å². The molecule has 0 bridgehead atoms. The molecule has 0 fully saturated rings. The Morgan fingerprint density at radius 1 is 1.17 bits per heavy atom. The van der Waals surface area contributed by atoms with E-state index in [4.69, 9.17) is 0 Å². The number of nitrogens with one attached hydrogen (secondary N) is 1. The molecule has 2 nitrogen and oxygen atoms in total. The number of imidazole rings is 1. The van der Waals surface area contributed by atoms with Crippen LogP contribution < -0.4 is 4.57 Å². The minimum atomic E-state index is -6.00. The zero-order chi connectivity index (χ0) is 17.3. The Morgan fingerprint density at radius 3 is 2.30 bits per heavy atom. The lowest BCUT2D eigenvalue weighted by Gasteiger charge is -2.01. The van der Waals surface area contributed by atoms with Gasteiger partial charge < -0.3 is 17.3 Å². The Hall–Kier alpha value is -2.05. The molecule has 0 atom stereocenters. The van der Waals surface area contributed by atoms with Crippen LogP contribution >= 0.6 is 0 Å². The maximum Gasteiger partial charge on any atom is 0.673 e.